The van der Waals surface area contributed by atoms with Gasteiger partial charge in [-0.05, 0) is 51.2 Å². The highest BCUT2D eigenvalue weighted by molar-refractivity contribution is 5.97. The number of ether oxygens (including phenoxy) is 1. The molecule has 0 heterocycles. The van der Waals surface area contributed by atoms with Crippen molar-refractivity contribution in [3.63, 3.8) is 0 Å². The van der Waals surface area contributed by atoms with Gasteiger partial charge in [0.15, 0.2) is 5.78 Å². The number of benzene rings is 1. The molecule has 0 aliphatic heterocycles. The summed E-state index contributed by atoms with van der Waals surface area (Å²) in [6, 6.07) is 5.75. The van der Waals surface area contributed by atoms with Crippen molar-refractivity contribution in [2.75, 3.05) is 0 Å². The number of para-hydroxylation sites is 1. The summed E-state index contributed by atoms with van der Waals surface area (Å²) >= 11 is 0. The van der Waals surface area contributed by atoms with E-state index in [9.17, 15) is 4.79 Å². The van der Waals surface area contributed by atoms with Crippen LogP contribution in [-0.2, 0) is 0 Å². The molecule has 0 amide bonds. The smallest absolute Gasteiger partial charge is 0.163 e. The van der Waals surface area contributed by atoms with E-state index in [1.54, 1.807) is 6.92 Å². The standard InChI is InChI=1S/C14H18O2/c1-10-6-5-9-13(11(2)15)14(10)16-12-7-3-4-8-12/h5-6,9,12H,3-4,7-8H2,1-2H3. The lowest BCUT2D eigenvalue weighted by atomic mass is 10.1. The lowest BCUT2D eigenvalue weighted by Gasteiger charge is -2.17. The lowest BCUT2D eigenvalue weighted by molar-refractivity contribution is 0.101. The molecule has 1 saturated carbocycles. The maximum Gasteiger partial charge on any atom is 0.163 e. The van der Waals surface area contributed by atoms with Crippen LogP contribution in [0.3, 0.4) is 0 Å². The Hall–Kier alpha value is -1.31. The van der Waals surface area contributed by atoms with E-state index in [1.165, 1.54) is 12.8 Å². The second-order valence-electron chi connectivity index (χ2n) is 4.53. The molecule has 0 atom stereocenters. The summed E-state index contributed by atoms with van der Waals surface area (Å²) in [5.74, 6) is 0.874. The Morgan fingerprint density at radius 1 is 1.31 bits per heavy atom. The van der Waals surface area contributed by atoms with E-state index in [2.05, 4.69) is 0 Å². The molecule has 0 N–H and O–H groups in total. The van der Waals surface area contributed by atoms with Gasteiger partial charge in [0.25, 0.3) is 0 Å². The summed E-state index contributed by atoms with van der Waals surface area (Å²) in [6.07, 6.45) is 5.02. The van der Waals surface area contributed by atoms with Gasteiger partial charge in [0, 0.05) is 0 Å². The van der Waals surface area contributed by atoms with Gasteiger partial charge >= 0.3 is 0 Å². The third kappa shape index (κ3) is 2.26. The Bertz CT molecular complexity index is 390. The Morgan fingerprint density at radius 3 is 2.62 bits per heavy atom. The minimum atomic E-state index is 0.0803. The molecule has 1 aliphatic carbocycles. The Balaban J connectivity index is 2.26. The van der Waals surface area contributed by atoms with Crippen LogP contribution in [-0.4, -0.2) is 11.9 Å². The summed E-state index contributed by atoms with van der Waals surface area (Å²) in [6.45, 7) is 3.59. The normalized spacial score (nSPS) is 16.4. The zero-order valence-electron chi connectivity index (χ0n) is 9.95. The van der Waals surface area contributed by atoms with Gasteiger partial charge in [0.1, 0.15) is 5.75 Å². The van der Waals surface area contributed by atoms with Crippen LogP contribution >= 0.6 is 0 Å². The average molecular weight is 218 g/mol. The van der Waals surface area contributed by atoms with Gasteiger partial charge in [0.05, 0.1) is 11.7 Å². The van der Waals surface area contributed by atoms with Crippen LogP contribution in [0.2, 0.25) is 0 Å². The van der Waals surface area contributed by atoms with Crippen LogP contribution in [0.4, 0.5) is 0 Å². The van der Waals surface area contributed by atoms with Gasteiger partial charge in [-0.1, -0.05) is 12.1 Å². The number of hydrogen-bond acceptors (Lipinski definition) is 2. The molecule has 2 nitrogen and oxygen atoms in total. The molecule has 0 bridgehead atoms. The molecule has 0 aromatic heterocycles. The largest absolute Gasteiger partial charge is 0.489 e. The molecule has 86 valence electrons. The number of carbonyl (C=O) groups is 1. The van der Waals surface area contributed by atoms with E-state index in [0.717, 1.165) is 24.2 Å². The van der Waals surface area contributed by atoms with Gasteiger partial charge in [-0.3, -0.25) is 4.79 Å². The number of carbonyl (C=O) groups excluding carboxylic acids is 1. The number of ketones is 1. The molecule has 0 radical (unpaired) electrons. The molecular weight excluding hydrogens is 200 g/mol. The number of hydrogen-bond donors (Lipinski definition) is 0. The van der Waals surface area contributed by atoms with Gasteiger partial charge < -0.3 is 4.74 Å². The van der Waals surface area contributed by atoms with Crippen molar-refractivity contribution in [1.82, 2.24) is 0 Å². The Kier molecular flexibility index (Phi) is 3.28. The van der Waals surface area contributed by atoms with Crippen molar-refractivity contribution >= 4 is 5.78 Å². The molecule has 2 rings (SSSR count). The molecule has 0 saturated heterocycles. The van der Waals surface area contributed by atoms with Crippen LogP contribution in [0.1, 0.15) is 48.5 Å². The molecule has 2 heteroatoms. The predicted octanol–water partition coefficient (Wildman–Crippen LogP) is 3.52. The monoisotopic (exact) mass is 218 g/mol. The highest BCUT2D eigenvalue weighted by atomic mass is 16.5. The molecule has 1 fully saturated rings. The van der Waals surface area contributed by atoms with E-state index >= 15 is 0 Å². The predicted molar refractivity (Wildman–Crippen MR) is 64.1 cm³/mol. The van der Waals surface area contributed by atoms with E-state index in [1.807, 2.05) is 25.1 Å². The molecule has 1 aliphatic rings. The Labute approximate surface area is 96.6 Å². The fourth-order valence-electron chi connectivity index (χ4n) is 2.26. The second kappa shape index (κ2) is 4.69. The van der Waals surface area contributed by atoms with Crippen LogP contribution < -0.4 is 4.74 Å². The van der Waals surface area contributed by atoms with Gasteiger partial charge in [-0.2, -0.15) is 0 Å². The third-order valence-electron chi connectivity index (χ3n) is 3.18. The third-order valence-corrected chi connectivity index (χ3v) is 3.18. The molecule has 1 aromatic rings. The SMILES string of the molecule is CC(=O)c1cccc(C)c1OC1CCCC1. The van der Waals surface area contributed by atoms with Gasteiger partial charge in [-0.15, -0.1) is 0 Å². The maximum atomic E-state index is 11.5. The van der Waals surface area contributed by atoms with Crippen molar-refractivity contribution < 1.29 is 9.53 Å². The first-order valence-electron chi connectivity index (χ1n) is 5.95. The summed E-state index contributed by atoms with van der Waals surface area (Å²) in [5.41, 5.74) is 1.77. The quantitative estimate of drug-likeness (QED) is 0.725. The lowest BCUT2D eigenvalue weighted by Crippen LogP contribution is -2.14. The van der Waals surface area contributed by atoms with Crippen molar-refractivity contribution in [3.8, 4) is 5.75 Å². The molecule has 0 unspecified atom stereocenters. The van der Waals surface area contributed by atoms with Gasteiger partial charge in [0.2, 0.25) is 0 Å². The van der Waals surface area contributed by atoms with Crippen LogP contribution in [0.5, 0.6) is 5.75 Å². The summed E-state index contributed by atoms with van der Waals surface area (Å²) in [4.78, 5) is 11.5. The number of aryl methyl sites for hydroxylation is 1. The highest BCUT2D eigenvalue weighted by Crippen LogP contribution is 2.29. The number of rotatable bonds is 3. The molecule has 0 spiro atoms. The van der Waals surface area contributed by atoms with Crippen LogP contribution in [0.25, 0.3) is 0 Å². The van der Waals surface area contributed by atoms with Crippen molar-refractivity contribution in [1.29, 1.82) is 0 Å². The minimum Gasteiger partial charge on any atom is -0.489 e. The zero-order valence-corrected chi connectivity index (χ0v) is 9.95. The first-order chi connectivity index (χ1) is 7.68. The summed E-state index contributed by atoms with van der Waals surface area (Å²) in [7, 11) is 0. The molecule has 16 heavy (non-hydrogen) atoms. The minimum absolute atomic E-state index is 0.0803. The molecule has 1 aromatic carbocycles. The summed E-state index contributed by atoms with van der Waals surface area (Å²) < 4.78 is 5.98. The maximum absolute atomic E-state index is 11.5. The fourth-order valence-corrected chi connectivity index (χ4v) is 2.26. The van der Waals surface area contributed by atoms with E-state index < -0.39 is 0 Å². The summed E-state index contributed by atoms with van der Waals surface area (Å²) in [5, 5.41) is 0. The van der Waals surface area contributed by atoms with Crippen LogP contribution in [0, 0.1) is 6.92 Å². The zero-order chi connectivity index (χ0) is 11.5. The van der Waals surface area contributed by atoms with Crippen molar-refractivity contribution in [2.24, 2.45) is 0 Å². The first-order valence-corrected chi connectivity index (χ1v) is 5.95. The van der Waals surface area contributed by atoms with Crippen LogP contribution in [0.15, 0.2) is 18.2 Å². The van der Waals surface area contributed by atoms with E-state index in [4.69, 9.17) is 4.74 Å². The Morgan fingerprint density at radius 2 is 2.00 bits per heavy atom. The topological polar surface area (TPSA) is 26.3 Å². The molecular formula is C14H18O2. The number of Topliss-reactive ketones (excluding diaryl/α,β-unsaturated/α-hetero) is 1. The fraction of sp³-hybridized carbons (Fsp3) is 0.500. The highest BCUT2D eigenvalue weighted by Gasteiger charge is 2.19. The first kappa shape index (κ1) is 11.2. The van der Waals surface area contributed by atoms with Crippen molar-refractivity contribution in [3.05, 3.63) is 29.3 Å². The van der Waals surface area contributed by atoms with E-state index in [-0.39, 0.29) is 5.78 Å². The van der Waals surface area contributed by atoms with Crippen molar-refractivity contribution in [2.45, 2.75) is 45.6 Å². The van der Waals surface area contributed by atoms with E-state index in [0.29, 0.717) is 11.7 Å². The second-order valence-corrected chi connectivity index (χ2v) is 4.53. The van der Waals surface area contributed by atoms with Gasteiger partial charge in [-0.25, -0.2) is 0 Å². The average Bonchev–Trinajstić information content (AvgIpc) is 2.73.